The number of aryl methyl sites for hydroxylation is 1. The minimum atomic E-state index is 0.245. The Hall–Kier alpha value is -5.02. The van der Waals surface area contributed by atoms with Crippen molar-refractivity contribution in [1.29, 1.82) is 10.5 Å². The van der Waals surface area contributed by atoms with Crippen molar-refractivity contribution in [3.05, 3.63) is 64.7 Å². The number of amides is 1. The van der Waals surface area contributed by atoms with Gasteiger partial charge in [-0.25, -0.2) is 24.9 Å². The van der Waals surface area contributed by atoms with Gasteiger partial charge in [-0.05, 0) is 42.7 Å². The lowest BCUT2D eigenvalue weighted by Gasteiger charge is -2.15. The number of aromatic nitrogens is 7. The Bertz CT molecular complexity index is 1560. The van der Waals surface area contributed by atoms with Crippen LogP contribution in [-0.4, -0.2) is 71.7 Å². The minimum absolute atomic E-state index is 0.245. The van der Waals surface area contributed by atoms with Gasteiger partial charge in [0, 0.05) is 57.2 Å². The van der Waals surface area contributed by atoms with E-state index in [1.807, 2.05) is 10.3 Å². The Morgan fingerprint density at radius 1 is 1.09 bits per heavy atom. The topological polar surface area (TPSA) is 186 Å². The maximum absolute atomic E-state index is 11.6. The number of carbonyl (C=O) groups is 1. The van der Waals surface area contributed by atoms with Crippen LogP contribution in [-0.2, 0) is 17.8 Å². The van der Waals surface area contributed by atoms with E-state index in [4.69, 9.17) is 5.26 Å². The van der Waals surface area contributed by atoms with E-state index >= 15 is 0 Å². The largest absolute Gasteiger partial charge is 0.354 e. The molecule has 234 valence electrons. The smallest absolute Gasteiger partial charge is 0.223 e. The second-order valence-corrected chi connectivity index (χ2v) is 11.3. The van der Waals surface area contributed by atoms with Crippen LogP contribution in [0.1, 0.15) is 50.9 Å². The van der Waals surface area contributed by atoms with Gasteiger partial charge in [0.25, 0.3) is 0 Å². The number of nitriles is 2. The summed E-state index contributed by atoms with van der Waals surface area (Å²) < 4.78 is 1.77. The summed E-state index contributed by atoms with van der Waals surface area (Å²) in [5.41, 5.74) is 2.94. The summed E-state index contributed by atoms with van der Waals surface area (Å²) in [6.07, 6.45) is 10.2. The van der Waals surface area contributed by atoms with Gasteiger partial charge >= 0.3 is 0 Å². The zero-order valence-corrected chi connectivity index (χ0v) is 26.3. The molecular formula is C30H37N13OS. The Morgan fingerprint density at radius 3 is 2.49 bits per heavy atom. The van der Waals surface area contributed by atoms with Crippen molar-refractivity contribution in [2.45, 2.75) is 52.5 Å². The molecule has 3 aromatic heterocycles. The molecule has 3 N–H and O–H groups in total. The molecule has 14 nitrogen and oxygen atoms in total. The van der Waals surface area contributed by atoms with Crippen molar-refractivity contribution in [3.63, 3.8) is 0 Å². The Balaban J connectivity index is 0.000000222. The molecule has 0 spiro atoms. The molecular weight excluding hydrogens is 590 g/mol. The molecule has 45 heavy (non-hydrogen) atoms. The van der Waals surface area contributed by atoms with Gasteiger partial charge in [-0.15, -0.1) is 0 Å². The first-order valence-electron chi connectivity index (χ1n) is 14.8. The van der Waals surface area contributed by atoms with Gasteiger partial charge in [0.15, 0.2) is 0 Å². The molecule has 1 amide bonds. The number of nitrogens with zero attached hydrogens (tertiary/aromatic N) is 10. The van der Waals surface area contributed by atoms with Crippen molar-refractivity contribution in [2.75, 3.05) is 36.8 Å². The molecule has 0 unspecified atom stereocenters. The molecule has 5 heterocycles. The maximum atomic E-state index is 11.6. The molecule has 0 aromatic carbocycles. The van der Waals surface area contributed by atoms with Crippen LogP contribution >= 0.6 is 11.8 Å². The molecule has 0 radical (unpaired) electrons. The average Bonchev–Trinajstić information content (AvgIpc) is 3.83. The number of carbonyl (C=O) groups excluding carboxylic acids is 1. The number of thioether (sulfide) groups is 1. The first kappa shape index (κ1) is 32.9. The van der Waals surface area contributed by atoms with Crippen LogP contribution in [0.4, 0.5) is 11.9 Å². The predicted octanol–water partition coefficient (Wildman–Crippen LogP) is 3.56. The van der Waals surface area contributed by atoms with E-state index in [0.29, 0.717) is 48.5 Å². The highest BCUT2D eigenvalue weighted by Gasteiger charge is 2.20. The summed E-state index contributed by atoms with van der Waals surface area (Å²) in [7, 11) is 0. The number of rotatable bonds is 13. The normalized spacial score (nSPS) is 15.0. The van der Waals surface area contributed by atoms with Crippen molar-refractivity contribution >= 4 is 35.1 Å². The number of nitrogens with one attached hydrogen (secondary N) is 3. The lowest BCUT2D eigenvalue weighted by atomic mass is 10.1. The van der Waals surface area contributed by atoms with E-state index in [1.165, 1.54) is 18.1 Å². The van der Waals surface area contributed by atoms with Crippen molar-refractivity contribution in [1.82, 2.24) is 44.9 Å². The number of hydrogen-bond acceptors (Lipinski definition) is 13. The van der Waals surface area contributed by atoms with Gasteiger partial charge in [-0.1, -0.05) is 25.6 Å². The Labute approximate surface area is 267 Å². The third-order valence-corrected chi connectivity index (χ3v) is 7.69. The third-order valence-electron chi connectivity index (χ3n) is 6.78. The Kier molecular flexibility index (Phi) is 12.7. The van der Waals surface area contributed by atoms with Crippen molar-refractivity contribution < 1.29 is 4.79 Å². The van der Waals surface area contributed by atoms with Crippen LogP contribution in [0.3, 0.4) is 0 Å². The highest BCUT2D eigenvalue weighted by atomic mass is 32.2. The number of anilines is 2. The molecule has 0 saturated carbocycles. The standard InChI is InChI=1S/C19H24N6OS.C11H13N7/c1-13(2)16-12-27-18(23-16)14(11-20)15-6-8-22-19(24-15)21-7-4-10-25-9-3-5-17(25)26;12-4-2-10-3-6-15-11(17-10)14-5-1-7-18-9-13-8-16-18/h6,8,12-13,23H,3-5,7,9-10H2,1-2H3,(H,21,22,24);3,6,8-9H,1-2,5,7H2,(H,14,15,17). The van der Waals surface area contributed by atoms with E-state index < -0.39 is 0 Å². The summed E-state index contributed by atoms with van der Waals surface area (Å²) in [5.74, 6) is 1.67. The third kappa shape index (κ3) is 10.3. The van der Waals surface area contributed by atoms with Crippen molar-refractivity contribution in [2.24, 2.45) is 5.92 Å². The number of hydrogen-bond donors (Lipinski definition) is 3. The van der Waals surface area contributed by atoms with Gasteiger partial charge in [0.1, 0.15) is 24.3 Å². The quantitative estimate of drug-likeness (QED) is 0.185. The summed E-state index contributed by atoms with van der Waals surface area (Å²) in [6.45, 7) is 8.05. The number of likely N-dealkylation sites (tertiary alicyclic amines) is 1. The van der Waals surface area contributed by atoms with Crippen LogP contribution in [0.5, 0.6) is 0 Å². The molecule has 15 heteroatoms. The molecule has 5 rings (SSSR count). The molecule has 2 aliphatic heterocycles. The average molecular weight is 628 g/mol. The van der Waals surface area contributed by atoms with E-state index in [0.717, 1.165) is 61.9 Å². The van der Waals surface area contributed by atoms with Crippen LogP contribution < -0.4 is 16.0 Å². The van der Waals surface area contributed by atoms with E-state index in [9.17, 15) is 10.1 Å². The van der Waals surface area contributed by atoms with E-state index in [2.05, 4.69) is 72.0 Å². The first-order chi connectivity index (χ1) is 22.0. The van der Waals surface area contributed by atoms with Gasteiger partial charge < -0.3 is 20.9 Å². The van der Waals surface area contributed by atoms with E-state index in [-0.39, 0.29) is 5.91 Å². The summed E-state index contributed by atoms with van der Waals surface area (Å²) in [5, 5.41) is 34.7. The van der Waals surface area contributed by atoms with Crippen LogP contribution in [0, 0.1) is 28.6 Å². The fraction of sp³-hybridized carbons (Fsp3) is 0.433. The van der Waals surface area contributed by atoms with E-state index in [1.54, 1.807) is 35.5 Å². The lowest BCUT2D eigenvalue weighted by molar-refractivity contribution is -0.127. The van der Waals surface area contributed by atoms with Gasteiger partial charge in [-0.2, -0.15) is 15.6 Å². The zero-order chi connectivity index (χ0) is 31.9. The highest BCUT2D eigenvalue weighted by molar-refractivity contribution is 8.06. The molecule has 0 aliphatic carbocycles. The molecule has 2 aliphatic rings. The fourth-order valence-corrected chi connectivity index (χ4v) is 5.40. The zero-order valence-electron chi connectivity index (χ0n) is 25.5. The minimum Gasteiger partial charge on any atom is -0.354 e. The second kappa shape index (κ2) is 17.3. The molecule has 1 saturated heterocycles. The molecule has 0 atom stereocenters. The molecule has 0 bridgehead atoms. The second-order valence-electron chi connectivity index (χ2n) is 10.5. The lowest BCUT2D eigenvalue weighted by Crippen LogP contribution is -2.27. The van der Waals surface area contributed by atoms with Crippen molar-refractivity contribution in [3.8, 4) is 12.1 Å². The highest BCUT2D eigenvalue weighted by Crippen LogP contribution is 2.33. The van der Waals surface area contributed by atoms with Gasteiger partial charge in [-0.3, -0.25) is 9.48 Å². The summed E-state index contributed by atoms with van der Waals surface area (Å²) >= 11 is 1.51. The molecule has 1 fully saturated rings. The maximum Gasteiger partial charge on any atom is 0.223 e. The van der Waals surface area contributed by atoms with Gasteiger partial charge in [0.05, 0.1) is 28.9 Å². The van der Waals surface area contributed by atoms with Gasteiger partial charge in [0.2, 0.25) is 17.8 Å². The van der Waals surface area contributed by atoms with Crippen LogP contribution in [0.25, 0.3) is 5.57 Å². The Morgan fingerprint density at radius 2 is 1.84 bits per heavy atom. The van der Waals surface area contributed by atoms with Crippen LogP contribution in [0.15, 0.2) is 53.3 Å². The van der Waals surface area contributed by atoms with Crippen LogP contribution in [0.2, 0.25) is 0 Å². The molecule has 3 aromatic rings. The number of allylic oxidation sites excluding steroid dienone is 2. The summed E-state index contributed by atoms with van der Waals surface area (Å²) in [4.78, 5) is 34.4. The fourth-order valence-electron chi connectivity index (χ4n) is 4.38. The SMILES string of the molecule is CC(C)C1=CSC(=C(C#N)c2ccnc(NCCCN3CCCC3=O)n2)N1.N#CCc1ccnc(NCCCn2cncn2)n1. The first-order valence-corrected chi connectivity index (χ1v) is 15.7. The monoisotopic (exact) mass is 627 g/mol. The summed E-state index contributed by atoms with van der Waals surface area (Å²) in [6, 6.07) is 7.80. The predicted molar refractivity (Wildman–Crippen MR) is 172 cm³/mol.